The zero-order chi connectivity index (χ0) is 20.6. The summed E-state index contributed by atoms with van der Waals surface area (Å²) in [4.78, 5) is 20.9. The van der Waals surface area contributed by atoms with Gasteiger partial charge in [0.05, 0.1) is 20.3 Å². The van der Waals surface area contributed by atoms with Gasteiger partial charge in [0.15, 0.2) is 0 Å². The molecule has 1 aromatic heterocycles. The van der Waals surface area contributed by atoms with E-state index in [1.807, 2.05) is 30.3 Å². The molecule has 8 heteroatoms. The lowest BCUT2D eigenvalue weighted by Gasteiger charge is -2.14. The van der Waals surface area contributed by atoms with Gasteiger partial charge in [-0.1, -0.05) is 42.5 Å². The number of ether oxygens (including phenoxy) is 4. The van der Waals surface area contributed by atoms with Crippen molar-refractivity contribution in [3.8, 4) is 34.6 Å². The molecule has 29 heavy (non-hydrogen) atoms. The van der Waals surface area contributed by atoms with E-state index < -0.39 is 12.6 Å². The third-order valence-corrected chi connectivity index (χ3v) is 3.90. The van der Waals surface area contributed by atoms with E-state index in [1.165, 1.54) is 20.3 Å². The molecule has 3 aromatic rings. The molecule has 0 radical (unpaired) electrons. The van der Waals surface area contributed by atoms with Crippen molar-refractivity contribution in [1.29, 1.82) is 0 Å². The van der Waals surface area contributed by atoms with Crippen molar-refractivity contribution in [2.75, 3.05) is 27.5 Å². The Morgan fingerprint density at radius 2 is 1.66 bits per heavy atom. The summed E-state index contributed by atoms with van der Waals surface area (Å²) in [7, 11) is 2.89. The molecule has 0 saturated carbocycles. The minimum atomic E-state index is -0.786. The summed E-state index contributed by atoms with van der Waals surface area (Å²) in [5, 5.41) is 0. The maximum Gasteiger partial charge on any atom is 0.342 e. The molecule has 0 bridgehead atoms. The fourth-order valence-electron chi connectivity index (χ4n) is 2.63. The Morgan fingerprint density at radius 1 is 0.966 bits per heavy atom. The van der Waals surface area contributed by atoms with Crippen molar-refractivity contribution in [3.05, 3.63) is 60.2 Å². The average molecular weight is 398 g/mol. The Morgan fingerprint density at radius 3 is 2.28 bits per heavy atom. The summed E-state index contributed by atoms with van der Waals surface area (Å²) in [5.74, 6) is -0.0993. The van der Waals surface area contributed by atoms with Gasteiger partial charge in [0.2, 0.25) is 11.8 Å². The van der Waals surface area contributed by atoms with Crippen LogP contribution in [0.15, 0.2) is 54.6 Å². The summed E-state index contributed by atoms with van der Waals surface area (Å²) in [6.45, 7) is -1.14. The van der Waals surface area contributed by atoms with Crippen LogP contribution < -0.4 is 14.2 Å². The first-order valence-corrected chi connectivity index (χ1v) is 8.72. The number of carbonyl (C=O) groups excluding carboxylic acids is 1. The fourth-order valence-corrected chi connectivity index (χ4v) is 2.63. The predicted molar refractivity (Wildman–Crippen MR) is 103 cm³/mol. The van der Waals surface area contributed by atoms with Crippen LogP contribution in [0.1, 0.15) is 10.4 Å². The number of carbonyl (C=O) groups is 1. The molecule has 0 N–H and O–H groups in total. The van der Waals surface area contributed by atoms with Gasteiger partial charge in [0, 0.05) is 0 Å². The van der Waals surface area contributed by atoms with Crippen LogP contribution in [0.4, 0.5) is 4.39 Å². The Labute approximate surface area is 167 Å². The Balaban J connectivity index is 2.07. The van der Waals surface area contributed by atoms with E-state index in [4.69, 9.17) is 18.9 Å². The second-order valence-corrected chi connectivity index (χ2v) is 5.71. The zero-order valence-corrected chi connectivity index (χ0v) is 15.9. The third-order valence-electron chi connectivity index (χ3n) is 3.90. The summed E-state index contributed by atoms with van der Waals surface area (Å²) in [5.41, 5.74) is 1.48. The fraction of sp³-hybridized carbons (Fsp3) is 0.190. The van der Waals surface area contributed by atoms with E-state index in [0.29, 0.717) is 5.56 Å². The van der Waals surface area contributed by atoms with E-state index in [0.717, 1.165) is 5.56 Å². The van der Waals surface area contributed by atoms with Gasteiger partial charge in [-0.05, 0) is 17.2 Å². The smallest absolute Gasteiger partial charge is 0.342 e. The summed E-state index contributed by atoms with van der Waals surface area (Å²) in [6.07, 6.45) is 0. The van der Waals surface area contributed by atoms with Crippen LogP contribution >= 0.6 is 0 Å². The van der Waals surface area contributed by atoms with Crippen molar-refractivity contribution >= 4 is 5.97 Å². The number of aromatic nitrogens is 2. The van der Waals surface area contributed by atoms with E-state index in [9.17, 15) is 9.18 Å². The highest BCUT2D eigenvalue weighted by Crippen LogP contribution is 2.34. The number of hydrogen-bond donors (Lipinski definition) is 0. The molecule has 7 nitrogen and oxygen atoms in total. The Hall–Kier alpha value is -3.68. The minimum absolute atomic E-state index is 0.0778. The maximum absolute atomic E-state index is 12.7. The lowest BCUT2D eigenvalue weighted by Crippen LogP contribution is -2.11. The van der Waals surface area contributed by atoms with Crippen LogP contribution in [-0.2, 0) is 4.74 Å². The van der Waals surface area contributed by atoms with E-state index >= 15 is 0 Å². The summed E-state index contributed by atoms with van der Waals surface area (Å²) >= 11 is 0. The number of alkyl halides is 1. The molecule has 0 atom stereocenters. The van der Waals surface area contributed by atoms with Crippen molar-refractivity contribution in [2.45, 2.75) is 0 Å². The SMILES string of the molecule is COc1cc(OC)nc(Oc2cccc(-c3ccccc3)c2C(=O)OCCF)n1. The topological polar surface area (TPSA) is 79.8 Å². The molecule has 0 unspecified atom stereocenters. The Bertz CT molecular complexity index is 960. The van der Waals surface area contributed by atoms with Gasteiger partial charge < -0.3 is 18.9 Å². The monoisotopic (exact) mass is 398 g/mol. The number of hydrogen-bond acceptors (Lipinski definition) is 7. The van der Waals surface area contributed by atoms with Gasteiger partial charge in [-0.15, -0.1) is 0 Å². The summed E-state index contributed by atoms with van der Waals surface area (Å²) in [6, 6.07) is 15.7. The number of halogens is 1. The molecule has 150 valence electrons. The number of rotatable bonds is 8. The van der Waals surface area contributed by atoms with E-state index in [-0.39, 0.29) is 35.7 Å². The van der Waals surface area contributed by atoms with Crippen LogP contribution in [-0.4, -0.2) is 43.4 Å². The van der Waals surface area contributed by atoms with Crippen LogP contribution in [0.2, 0.25) is 0 Å². The van der Waals surface area contributed by atoms with Gasteiger partial charge in [0.25, 0.3) is 0 Å². The highest BCUT2D eigenvalue weighted by Gasteiger charge is 2.22. The molecular weight excluding hydrogens is 379 g/mol. The average Bonchev–Trinajstić information content (AvgIpc) is 2.77. The number of esters is 1. The number of nitrogens with zero attached hydrogens (tertiary/aromatic N) is 2. The molecule has 0 aliphatic heterocycles. The molecule has 0 saturated heterocycles. The highest BCUT2D eigenvalue weighted by atomic mass is 19.1. The van der Waals surface area contributed by atoms with Gasteiger partial charge in [-0.2, -0.15) is 9.97 Å². The number of benzene rings is 2. The molecule has 0 fully saturated rings. The highest BCUT2D eigenvalue weighted by molar-refractivity contribution is 6.00. The summed E-state index contributed by atoms with van der Waals surface area (Å²) < 4.78 is 33.6. The molecule has 0 aliphatic rings. The second-order valence-electron chi connectivity index (χ2n) is 5.71. The van der Waals surface area contributed by atoms with Crippen molar-refractivity contribution in [3.63, 3.8) is 0 Å². The van der Waals surface area contributed by atoms with Crippen molar-refractivity contribution in [1.82, 2.24) is 9.97 Å². The van der Waals surface area contributed by atoms with E-state index in [2.05, 4.69) is 9.97 Å². The zero-order valence-electron chi connectivity index (χ0n) is 15.9. The van der Waals surface area contributed by atoms with Gasteiger partial charge in [0.1, 0.15) is 24.6 Å². The van der Waals surface area contributed by atoms with E-state index in [1.54, 1.807) is 18.2 Å². The molecule has 1 heterocycles. The normalized spacial score (nSPS) is 10.3. The van der Waals surface area contributed by atoms with Crippen molar-refractivity contribution < 1.29 is 28.1 Å². The first-order valence-electron chi connectivity index (χ1n) is 8.72. The number of methoxy groups -OCH3 is 2. The molecule has 3 rings (SSSR count). The van der Waals surface area contributed by atoms with Crippen LogP contribution in [0, 0.1) is 0 Å². The molecular formula is C21H19FN2O5. The van der Waals surface area contributed by atoms with Gasteiger partial charge >= 0.3 is 12.0 Å². The molecule has 2 aromatic carbocycles. The first kappa shape index (κ1) is 20.1. The third kappa shape index (κ3) is 4.78. The first-order chi connectivity index (χ1) is 14.2. The maximum atomic E-state index is 12.7. The van der Waals surface area contributed by atoms with Crippen LogP contribution in [0.5, 0.6) is 23.5 Å². The molecule has 0 amide bonds. The molecule has 0 aliphatic carbocycles. The molecule has 0 spiro atoms. The standard InChI is InChI=1S/C21H19FN2O5/c1-26-17-13-18(27-2)24-21(23-17)29-16-10-6-9-15(14-7-4-3-5-8-14)19(16)20(25)28-12-11-22/h3-10,13H,11-12H2,1-2H3. The lowest BCUT2D eigenvalue weighted by molar-refractivity contribution is 0.0479. The van der Waals surface area contributed by atoms with Gasteiger partial charge in [-0.3, -0.25) is 0 Å². The van der Waals surface area contributed by atoms with Crippen LogP contribution in [0.3, 0.4) is 0 Å². The quantitative estimate of drug-likeness (QED) is 0.529. The second kappa shape index (κ2) is 9.50. The lowest BCUT2D eigenvalue weighted by atomic mass is 9.99. The van der Waals surface area contributed by atoms with Crippen molar-refractivity contribution in [2.24, 2.45) is 0 Å². The Kier molecular flexibility index (Phi) is 6.57. The minimum Gasteiger partial charge on any atom is -0.481 e. The van der Waals surface area contributed by atoms with Crippen LogP contribution in [0.25, 0.3) is 11.1 Å². The largest absolute Gasteiger partial charge is 0.481 e. The predicted octanol–water partition coefficient (Wildman–Crippen LogP) is 4.08. The van der Waals surface area contributed by atoms with Gasteiger partial charge in [-0.25, -0.2) is 9.18 Å².